The van der Waals surface area contributed by atoms with Crippen molar-refractivity contribution in [1.29, 1.82) is 0 Å². The molecule has 272 valence electrons. The molecule has 1 saturated carbocycles. The van der Waals surface area contributed by atoms with Gasteiger partial charge >= 0.3 is 18.8 Å². The Balaban J connectivity index is 1.52. The van der Waals surface area contributed by atoms with Gasteiger partial charge in [0.1, 0.15) is 16.1 Å². The maximum absolute atomic E-state index is 14.2. The number of H-pyrrole nitrogens is 1. The van der Waals surface area contributed by atoms with Crippen LogP contribution >= 0.6 is 23.2 Å². The van der Waals surface area contributed by atoms with Gasteiger partial charge < -0.3 is 19.1 Å². The van der Waals surface area contributed by atoms with Crippen LogP contribution < -0.4 is 18.8 Å². The first-order chi connectivity index (χ1) is 23.6. The smallest absolute Gasteiger partial charge is 0.418 e. The maximum atomic E-state index is 14.2. The summed E-state index contributed by atoms with van der Waals surface area (Å²) in [4.78, 5) is 18.5. The van der Waals surface area contributed by atoms with Gasteiger partial charge in [0.2, 0.25) is 10.0 Å². The zero-order valence-electron chi connectivity index (χ0n) is 26.8. The van der Waals surface area contributed by atoms with Gasteiger partial charge in [0.25, 0.3) is 0 Å². The van der Waals surface area contributed by atoms with Crippen LogP contribution in [-0.2, 0) is 27.4 Å². The lowest BCUT2D eigenvalue weighted by atomic mass is 10.0. The van der Waals surface area contributed by atoms with Gasteiger partial charge in [0.15, 0.2) is 23.9 Å². The lowest BCUT2D eigenvalue weighted by Crippen LogP contribution is -2.38. The highest BCUT2D eigenvalue weighted by Crippen LogP contribution is 2.40. The van der Waals surface area contributed by atoms with E-state index in [1.54, 1.807) is 0 Å². The molecule has 1 aliphatic heterocycles. The Morgan fingerprint density at radius 1 is 1.04 bits per heavy atom. The van der Waals surface area contributed by atoms with Crippen LogP contribution in [-0.4, -0.2) is 64.9 Å². The molecule has 0 bridgehead atoms. The number of alkyl halides is 5. The molecule has 3 aromatic rings. The summed E-state index contributed by atoms with van der Waals surface area (Å²) >= 11 is 12.8. The van der Waals surface area contributed by atoms with Crippen molar-refractivity contribution in [2.45, 2.75) is 51.0 Å². The molecule has 1 aliphatic carbocycles. The fraction of sp³-hybridized carbons (Fsp3) is 0.455. The largest absolute Gasteiger partial charge is 0.489 e. The number of hydrogen-bond acceptors (Lipinski definition) is 7. The standard InChI is InChI=1S/C33H34Cl2F5N3O6S/c1-50(45,46)43(13-12-42-10-2-3-11-42)27-14-22(6-8-24(27)33(38,39)40)31(44)48-29(16-23-25(34)17-41-18-26(23)35)21-7-9-28(49-32(36)37)30(15-21)47-19-20-4-5-20/h6-9,14-15,17-18,20,29,32H,2-5,10-13,16,19H2,1H3/p+1/t29-/m0/s1. The van der Waals surface area contributed by atoms with Gasteiger partial charge in [-0.05, 0) is 80.6 Å². The summed E-state index contributed by atoms with van der Waals surface area (Å²) in [6, 6.07) is 6.35. The van der Waals surface area contributed by atoms with E-state index in [4.69, 9.17) is 32.7 Å². The summed E-state index contributed by atoms with van der Waals surface area (Å²) in [6.45, 7) is -1.62. The molecule has 2 aliphatic rings. The van der Waals surface area contributed by atoms with Crippen LogP contribution in [0, 0.1) is 5.92 Å². The predicted octanol–water partition coefficient (Wildman–Crippen LogP) is 7.22. The van der Waals surface area contributed by atoms with Crippen molar-refractivity contribution < 1.29 is 54.4 Å². The molecule has 1 N–H and O–H groups in total. The number of aromatic nitrogens is 1. The number of nitrogens with one attached hydrogen (secondary N) is 1. The van der Waals surface area contributed by atoms with E-state index in [1.807, 2.05) is 4.90 Å². The van der Waals surface area contributed by atoms with E-state index in [9.17, 15) is 35.2 Å². The van der Waals surface area contributed by atoms with Gasteiger partial charge in [0.05, 0.1) is 29.7 Å². The van der Waals surface area contributed by atoms with Crippen LogP contribution in [0.3, 0.4) is 0 Å². The number of esters is 1. The molecule has 0 unspecified atom stereocenters. The van der Waals surface area contributed by atoms with Gasteiger partial charge in [-0.25, -0.2) is 18.2 Å². The number of ether oxygens (including phenoxy) is 3. The first-order valence-corrected chi connectivity index (χ1v) is 18.4. The Labute approximate surface area is 296 Å². The second kappa shape index (κ2) is 15.9. The number of rotatable bonds is 15. The molecule has 2 heterocycles. The maximum Gasteiger partial charge on any atom is 0.418 e. The molecule has 1 saturated heterocycles. The van der Waals surface area contributed by atoms with E-state index in [2.05, 4.69) is 9.72 Å². The minimum absolute atomic E-state index is 0.0343. The third kappa shape index (κ3) is 9.89. The summed E-state index contributed by atoms with van der Waals surface area (Å²) < 4.78 is 112. The van der Waals surface area contributed by atoms with Gasteiger partial charge in [0, 0.05) is 25.1 Å². The lowest BCUT2D eigenvalue weighted by molar-refractivity contribution is -0.377. The summed E-state index contributed by atoms with van der Waals surface area (Å²) in [5, 5.41) is 0.361. The minimum Gasteiger partial charge on any atom is -0.489 e. The number of likely N-dealkylation sites (tertiary alicyclic amines) is 1. The van der Waals surface area contributed by atoms with Crippen LogP contribution in [0.1, 0.15) is 58.8 Å². The SMILES string of the molecule is CS(=O)(=O)N(CCN1CCCC1)c1cc(C(=O)O[C@@H](Cc2c(Cl)c[nH+]cc2Cl)c2ccc(OC(F)F)c(OCC3CC3)c2)ccc1C(F)(F)F. The highest BCUT2D eigenvalue weighted by molar-refractivity contribution is 7.92. The Morgan fingerprint density at radius 3 is 2.32 bits per heavy atom. The molecule has 2 aromatic carbocycles. The number of sulfonamides is 1. The highest BCUT2D eigenvalue weighted by Gasteiger charge is 2.38. The first-order valence-electron chi connectivity index (χ1n) is 15.8. The lowest BCUT2D eigenvalue weighted by Gasteiger charge is -2.28. The van der Waals surface area contributed by atoms with Crippen molar-refractivity contribution in [2.75, 3.05) is 43.3 Å². The third-order valence-corrected chi connectivity index (χ3v) is 10.2. The number of benzene rings is 2. The normalized spacial score (nSPS) is 16.0. The van der Waals surface area contributed by atoms with Crippen LogP contribution in [0.4, 0.5) is 27.6 Å². The minimum atomic E-state index is -4.95. The van der Waals surface area contributed by atoms with Crippen LogP contribution in [0.25, 0.3) is 0 Å². The molecule has 0 spiro atoms. The number of pyridine rings is 1. The molecule has 0 amide bonds. The second-order valence-corrected chi connectivity index (χ2v) is 14.9. The van der Waals surface area contributed by atoms with Gasteiger partial charge in [-0.3, -0.25) is 4.31 Å². The van der Waals surface area contributed by atoms with Crippen molar-refractivity contribution in [3.8, 4) is 11.5 Å². The zero-order chi connectivity index (χ0) is 36.2. The van der Waals surface area contributed by atoms with Crippen LogP contribution in [0.15, 0.2) is 48.8 Å². The van der Waals surface area contributed by atoms with E-state index in [0.717, 1.165) is 44.1 Å². The molecule has 50 heavy (non-hydrogen) atoms. The summed E-state index contributed by atoms with van der Waals surface area (Å²) in [5.41, 5.74) is -1.74. The fourth-order valence-corrected chi connectivity index (χ4v) is 7.07. The van der Waals surface area contributed by atoms with Crippen LogP contribution in [0.5, 0.6) is 11.5 Å². The molecule has 1 aromatic heterocycles. The topological polar surface area (TPSA) is 99.5 Å². The van der Waals surface area contributed by atoms with Crippen molar-refractivity contribution in [1.82, 2.24) is 4.90 Å². The van der Waals surface area contributed by atoms with E-state index in [0.29, 0.717) is 29.0 Å². The molecule has 5 rings (SSSR count). The van der Waals surface area contributed by atoms with E-state index < -0.39 is 46.1 Å². The first kappa shape index (κ1) is 37.8. The number of nitrogens with zero attached hydrogens (tertiary/aromatic N) is 2. The van der Waals surface area contributed by atoms with Crippen molar-refractivity contribution in [3.05, 3.63) is 81.1 Å². The molecule has 17 heteroatoms. The number of anilines is 1. The number of aromatic amines is 1. The zero-order valence-corrected chi connectivity index (χ0v) is 29.1. The third-order valence-electron chi connectivity index (χ3n) is 8.39. The summed E-state index contributed by atoms with van der Waals surface area (Å²) in [7, 11) is -4.23. The molecule has 1 atom stereocenters. The Kier molecular flexibility index (Phi) is 12.0. The molecule has 9 nitrogen and oxygen atoms in total. The van der Waals surface area contributed by atoms with Crippen LogP contribution in [0.2, 0.25) is 10.0 Å². The molecular weight excluding hydrogens is 732 g/mol. The van der Waals surface area contributed by atoms with E-state index in [1.165, 1.54) is 30.6 Å². The molecular formula is C33H35Cl2F5N3O6S+. The Morgan fingerprint density at radius 2 is 1.72 bits per heavy atom. The summed E-state index contributed by atoms with van der Waals surface area (Å²) in [5.74, 6) is -1.13. The van der Waals surface area contributed by atoms with Crippen molar-refractivity contribution >= 4 is 44.9 Å². The number of halogens is 7. The fourth-order valence-electron chi connectivity index (χ4n) is 5.61. The monoisotopic (exact) mass is 766 g/mol. The summed E-state index contributed by atoms with van der Waals surface area (Å²) in [6.07, 6.45) is 0.968. The van der Waals surface area contributed by atoms with Gasteiger partial charge in [-0.2, -0.15) is 22.0 Å². The number of carbonyl (C=O) groups excluding carboxylic acids is 1. The highest BCUT2D eigenvalue weighted by atomic mass is 35.5. The van der Waals surface area contributed by atoms with E-state index in [-0.39, 0.29) is 64.7 Å². The Bertz CT molecular complexity index is 1770. The molecule has 0 radical (unpaired) electrons. The number of carbonyl (C=O) groups is 1. The predicted molar refractivity (Wildman–Crippen MR) is 175 cm³/mol. The average Bonchev–Trinajstić information content (AvgIpc) is 3.72. The van der Waals surface area contributed by atoms with E-state index >= 15 is 0 Å². The molecule has 2 fully saturated rings. The quantitative estimate of drug-likeness (QED) is 0.119. The van der Waals surface area contributed by atoms with Gasteiger partial charge in [-0.15, -0.1) is 0 Å². The van der Waals surface area contributed by atoms with Crippen molar-refractivity contribution in [2.24, 2.45) is 5.92 Å². The average molecular weight is 768 g/mol. The number of hydrogen-bond donors (Lipinski definition) is 0. The second-order valence-electron chi connectivity index (χ2n) is 12.2. The van der Waals surface area contributed by atoms with Crippen molar-refractivity contribution in [3.63, 3.8) is 0 Å². The van der Waals surface area contributed by atoms with Gasteiger partial charge in [-0.1, -0.05) is 29.3 Å². The Hall–Kier alpha value is -3.40.